The van der Waals surface area contributed by atoms with Crippen molar-refractivity contribution in [2.24, 2.45) is 5.92 Å². The van der Waals surface area contributed by atoms with Crippen molar-refractivity contribution in [3.63, 3.8) is 0 Å². The molecule has 4 heteroatoms. The number of rotatable bonds is 6. The number of ether oxygens (including phenoxy) is 1. The number of amides is 1. The second kappa shape index (κ2) is 6.55. The summed E-state index contributed by atoms with van der Waals surface area (Å²) in [6.45, 7) is 4.79. The molecule has 1 amide bonds. The summed E-state index contributed by atoms with van der Waals surface area (Å²) in [6, 6.07) is 7.36. The first-order chi connectivity index (χ1) is 9.61. The minimum absolute atomic E-state index is 0.0384. The van der Waals surface area contributed by atoms with Crippen LogP contribution in [0.1, 0.15) is 33.1 Å². The monoisotopic (exact) mass is 275 g/mol. The van der Waals surface area contributed by atoms with Crippen LogP contribution in [-0.2, 0) is 9.59 Å². The molecule has 1 aromatic carbocycles. The van der Waals surface area contributed by atoms with E-state index in [9.17, 15) is 9.59 Å². The van der Waals surface area contributed by atoms with Gasteiger partial charge in [0.25, 0.3) is 0 Å². The van der Waals surface area contributed by atoms with E-state index in [0.29, 0.717) is 12.2 Å². The lowest BCUT2D eigenvalue weighted by Crippen LogP contribution is -2.23. The molecule has 0 radical (unpaired) electrons. The number of Topliss-reactive ketones (excluding diaryl/α,β-unsaturated/α-hetero) is 1. The van der Waals surface area contributed by atoms with Crippen molar-refractivity contribution in [1.29, 1.82) is 0 Å². The maximum absolute atomic E-state index is 11.7. The highest BCUT2D eigenvalue weighted by molar-refractivity contribution is 5.95. The van der Waals surface area contributed by atoms with E-state index >= 15 is 0 Å². The van der Waals surface area contributed by atoms with E-state index in [-0.39, 0.29) is 24.2 Å². The molecule has 1 unspecified atom stereocenters. The van der Waals surface area contributed by atoms with Crippen molar-refractivity contribution < 1.29 is 14.3 Å². The van der Waals surface area contributed by atoms with Crippen LogP contribution in [0.25, 0.3) is 0 Å². The van der Waals surface area contributed by atoms with Crippen LogP contribution >= 0.6 is 0 Å². The molecule has 0 saturated carbocycles. The molecular weight excluding hydrogens is 254 g/mol. The predicted octanol–water partition coefficient (Wildman–Crippen LogP) is 2.81. The predicted molar refractivity (Wildman–Crippen MR) is 78.0 cm³/mol. The van der Waals surface area contributed by atoms with E-state index in [0.717, 1.165) is 25.1 Å². The molecule has 1 saturated heterocycles. The van der Waals surface area contributed by atoms with Gasteiger partial charge in [-0.05, 0) is 37.1 Å². The molecule has 1 heterocycles. The molecule has 1 atom stereocenters. The van der Waals surface area contributed by atoms with Crippen molar-refractivity contribution >= 4 is 17.4 Å². The zero-order valence-corrected chi connectivity index (χ0v) is 12.1. The second-order valence-corrected chi connectivity index (χ2v) is 5.21. The molecule has 0 aliphatic carbocycles. The number of ketones is 1. The normalized spacial score (nSPS) is 16.3. The lowest BCUT2D eigenvalue weighted by molar-refractivity contribution is -0.124. The number of anilines is 1. The average Bonchev–Trinajstić information content (AvgIpc) is 2.90. The Balaban J connectivity index is 1.92. The lowest BCUT2D eigenvalue weighted by Gasteiger charge is -2.16. The number of hydrogen-bond acceptors (Lipinski definition) is 3. The highest BCUT2D eigenvalue weighted by atomic mass is 16.5. The number of carbonyl (C=O) groups excluding carboxylic acids is 2. The van der Waals surface area contributed by atoms with Gasteiger partial charge < -0.3 is 9.64 Å². The maximum Gasteiger partial charge on any atom is 0.227 e. The first-order valence-corrected chi connectivity index (χ1v) is 7.17. The van der Waals surface area contributed by atoms with Gasteiger partial charge in [-0.1, -0.05) is 13.8 Å². The first kappa shape index (κ1) is 14.6. The van der Waals surface area contributed by atoms with Crippen molar-refractivity contribution in [1.82, 2.24) is 0 Å². The van der Waals surface area contributed by atoms with Crippen LogP contribution in [0.2, 0.25) is 0 Å². The van der Waals surface area contributed by atoms with Gasteiger partial charge in [-0.3, -0.25) is 9.59 Å². The van der Waals surface area contributed by atoms with Crippen LogP contribution in [0.4, 0.5) is 5.69 Å². The van der Waals surface area contributed by atoms with E-state index in [4.69, 9.17) is 4.74 Å². The molecule has 1 aliphatic heterocycles. The average molecular weight is 275 g/mol. The summed E-state index contributed by atoms with van der Waals surface area (Å²) >= 11 is 0. The zero-order valence-electron chi connectivity index (χ0n) is 12.1. The minimum Gasteiger partial charge on any atom is -0.486 e. The maximum atomic E-state index is 11.7. The first-order valence-electron chi connectivity index (χ1n) is 7.17. The Labute approximate surface area is 119 Å². The van der Waals surface area contributed by atoms with Crippen LogP contribution < -0.4 is 9.64 Å². The summed E-state index contributed by atoms with van der Waals surface area (Å²) in [7, 11) is 0. The minimum atomic E-state index is 0.0384. The SMILES string of the molecule is CCC(C)C(=O)COc1ccc(N2CCCC2=O)cc1. The van der Waals surface area contributed by atoms with Gasteiger partial charge in [-0.2, -0.15) is 0 Å². The third-order valence-electron chi connectivity index (χ3n) is 3.76. The summed E-state index contributed by atoms with van der Waals surface area (Å²) in [5, 5.41) is 0. The van der Waals surface area contributed by atoms with E-state index in [1.54, 1.807) is 4.90 Å². The number of benzene rings is 1. The van der Waals surface area contributed by atoms with Crippen LogP contribution in [-0.4, -0.2) is 24.8 Å². The fraction of sp³-hybridized carbons (Fsp3) is 0.500. The molecule has 20 heavy (non-hydrogen) atoms. The van der Waals surface area contributed by atoms with Gasteiger partial charge in [0.1, 0.15) is 12.4 Å². The van der Waals surface area contributed by atoms with E-state index in [1.165, 1.54) is 0 Å². The molecule has 1 aromatic rings. The highest BCUT2D eigenvalue weighted by Gasteiger charge is 2.21. The summed E-state index contributed by atoms with van der Waals surface area (Å²) < 4.78 is 5.48. The van der Waals surface area contributed by atoms with Gasteiger partial charge in [-0.15, -0.1) is 0 Å². The highest BCUT2D eigenvalue weighted by Crippen LogP contribution is 2.23. The number of carbonyl (C=O) groups is 2. The molecule has 0 N–H and O–H groups in total. The van der Waals surface area contributed by atoms with Gasteiger partial charge >= 0.3 is 0 Å². The smallest absolute Gasteiger partial charge is 0.227 e. The Bertz CT molecular complexity index is 481. The van der Waals surface area contributed by atoms with Crippen molar-refractivity contribution in [2.75, 3.05) is 18.1 Å². The molecule has 0 spiro atoms. The lowest BCUT2D eigenvalue weighted by atomic mass is 10.1. The Kier molecular flexibility index (Phi) is 4.77. The Morgan fingerprint density at radius 2 is 2.05 bits per heavy atom. The summed E-state index contributed by atoms with van der Waals surface area (Å²) in [6.07, 6.45) is 2.38. The van der Waals surface area contributed by atoms with E-state index < -0.39 is 0 Å². The Hall–Kier alpha value is -1.84. The van der Waals surface area contributed by atoms with E-state index in [2.05, 4.69) is 0 Å². The summed E-state index contributed by atoms with van der Waals surface area (Å²) in [5.41, 5.74) is 0.896. The van der Waals surface area contributed by atoms with Gasteiger partial charge in [0.05, 0.1) is 0 Å². The molecule has 1 aliphatic rings. The van der Waals surface area contributed by atoms with Crippen LogP contribution in [0.3, 0.4) is 0 Å². The molecular formula is C16H21NO3. The fourth-order valence-corrected chi connectivity index (χ4v) is 2.17. The number of hydrogen-bond donors (Lipinski definition) is 0. The van der Waals surface area contributed by atoms with Crippen molar-refractivity contribution in [3.05, 3.63) is 24.3 Å². The summed E-state index contributed by atoms with van der Waals surface area (Å²) in [4.78, 5) is 25.1. The largest absolute Gasteiger partial charge is 0.486 e. The standard InChI is InChI=1S/C16H21NO3/c1-3-12(2)15(18)11-20-14-8-6-13(7-9-14)17-10-4-5-16(17)19/h6-9,12H,3-5,10-11H2,1-2H3. The zero-order chi connectivity index (χ0) is 14.5. The Morgan fingerprint density at radius 1 is 1.35 bits per heavy atom. The quantitative estimate of drug-likeness (QED) is 0.802. The van der Waals surface area contributed by atoms with Crippen molar-refractivity contribution in [3.8, 4) is 5.75 Å². The van der Waals surface area contributed by atoms with E-state index in [1.807, 2.05) is 38.1 Å². The topological polar surface area (TPSA) is 46.6 Å². The molecule has 4 nitrogen and oxygen atoms in total. The Morgan fingerprint density at radius 3 is 2.60 bits per heavy atom. The third kappa shape index (κ3) is 3.38. The van der Waals surface area contributed by atoms with Crippen molar-refractivity contribution in [2.45, 2.75) is 33.1 Å². The van der Waals surface area contributed by atoms with Crippen LogP contribution in [0.15, 0.2) is 24.3 Å². The molecule has 0 aromatic heterocycles. The number of nitrogens with zero attached hydrogens (tertiary/aromatic N) is 1. The van der Waals surface area contributed by atoms with Gasteiger partial charge in [0, 0.05) is 24.6 Å². The van der Waals surface area contributed by atoms with Crippen LogP contribution in [0, 0.1) is 5.92 Å². The second-order valence-electron chi connectivity index (χ2n) is 5.21. The van der Waals surface area contributed by atoms with Crippen LogP contribution in [0.5, 0.6) is 5.75 Å². The summed E-state index contributed by atoms with van der Waals surface area (Å²) in [5.74, 6) is 0.991. The molecule has 1 fully saturated rings. The van der Waals surface area contributed by atoms with Gasteiger partial charge in [-0.25, -0.2) is 0 Å². The molecule has 2 rings (SSSR count). The van der Waals surface area contributed by atoms with Gasteiger partial charge in [0.2, 0.25) is 5.91 Å². The molecule has 108 valence electrons. The van der Waals surface area contributed by atoms with Gasteiger partial charge in [0.15, 0.2) is 5.78 Å². The molecule has 0 bridgehead atoms. The third-order valence-corrected chi connectivity index (χ3v) is 3.76. The fourth-order valence-electron chi connectivity index (χ4n) is 2.17.